The molecule has 0 fully saturated rings. The van der Waals surface area contributed by atoms with Crippen LogP contribution < -0.4 is 10.6 Å². The molecule has 0 aliphatic heterocycles. The van der Waals surface area contributed by atoms with Gasteiger partial charge < -0.3 is 39.1 Å². The zero-order chi connectivity index (χ0) is 21.0. The third kappa shape index (κ3) is 17.5. The van der Waals surface area contributed by atoms with Crippen LogP contribution in [0.2, 0.25) is 0 Å². The zero-order valence-electron chi connectivity index (χ0n) is 17.1. The predicted octanol–water partition coefficient (Wildman–Crippen LogP) is 1.27. The van der Waals surface area contributed by atoms with E-state index in [-0.39, 0.29) is 19.0 Å². The number of ketones is 1. The highest BCUT2D eigenvalue weighted by Gasteiger charge is 2.15. The lowest BCUT2D eigenvalue weighted by atomic mass is 10.2. The van der Waals surface area contributed by atoms with Crippen molar-refractivity contribution >= 4 is 18.0 Å². The standard InChI is InChI=1S/C18H34N2O8/c1-15(21)7-4-12-26-16(13-27-17(22)19-8-5-10-24-2)14-28-18(23)20-9-6-11-25-3/h16H,4-14H2,1-3H3,(H,19,22)(H,20,23). The first kappa shape index (κ1) is 26.1. The normalized spacial score (nSPS) is 10.6. The lowest BCUT2D eigenvalue weighted by Crippen LogP contribution is -2.35. The fourth-order valence-electron chi connectivity index (χ4n) is 1.97. The van der Waals surface area contributed by atoms with Crippen LogP contribution in [-0.2, 0) is 28.5 Å². The van der Waals surface area contributed by atoms with Gasteiger partial charge in [0.05, 0.1) is 0 Å². The molecule has 28 heavy (non-hydrogen) atoms. The van der Waals surface area contributed by atoms with E-state index >= 15 is 0 Å². The molecule has 0 aromatic carbocycles. The number of nitrogens with one attached hydrogen (secondary N) is 2. The van der Waals surface area contributed by atoms with Crippen LogP contribution in [0.15, 0.2) is 0 Å². The Balaban J connectivity index is 4.19. The van der Waals surface area contributed by atoms with Crippen molar-refractivity contribution in [2.24, 2.45) is 0 Å². The average Bonchev–Trinajstić information content (AvgIpc) is 2.67. The Hall–Kier alpha value is -1.91. The van der Waals surface area contributed by atoms with Gasteiger partial charge in [0.15, 0.2) is 0 Å². The second kappa shape index (κ2) is 18.5. The van der Waals surface area contributed by atoms with Gasteiger partial charge in [0.2, 0.25) is 0 Å². The lowest BCUT2D eigenvalue weighted by Gasteiger charge is -2.18. The fraction of sp³-hybridized carbons (Fsp3) is 0.833. The Morgan fingerprint density at radius 2 is 1.29 bits per heavy atom. The van der Waals surface area contributed by atoms with E-state index < -0.39 is 18.3 Å². The van der Waals surface area contributed by atoms with E-state index in [1.54, 1.807) is 14.2 Å². The molecule has 0 aromatic heterocycles. The molecule has 0 heterocycles. The van der Waals surface area contributed by atoms with Crippen molar-refractivity contribution in [1.29, 1.82) is 0 Å². The fourth-order valence-corrected chi connectivity index (χ4v) is 1.97. The van der Waals surface area contributed by atoms with Crippen molar-refractivity contribution in [2.75, 3.05) is 60.3 Å². The molecule has 0 spiro atoms. The smallest absolute Gasteiger partial charge is 0.407 e. The van der Waals surface area contributed by atoms with Crippen LogP contribution in [0, 0.1) is 0 Å². The number of methoxy groups -OCH3 is 2. The monoisotopic (exact) mass is 406 g/mol. The molecule has 0 aliphatic rings. The summed E-state index contributed by atoms with van der Waals surface area (Å²) in [5.41, 5.74) is 0. The second-order valence-corrected chi connectivity index (χ2v) is 6.04. The number of ether oxygens (including phenoxy) is 5. The molecular formula is C18H34N2O8. The number of rotatable bonds is 17. The van der Waals surface area contributed by atoms with Gasteiger partial charge in [-0.2, -0.15) is 0 Å². The average molecular weight is 406 g/mol. The van der Waals surface area contributed by atoms with E-state index in [4.69, 9.17) is 23.7 Å². The first-order valence-corrected chi connectivity index (χ1v) is 9.39. The highest BCUT2D eigenvalue weighted by atomic mass is 16.6. The van der Waals surface area contributed by atoms with Gasteiger partial charge in [-0.05, 0) is 26.2 Å². The van der Waals surface area contributed by atoms with Crippen molar-refractivity contribution < 1.29 is 38.1 Å². The number of carbonyl (C=O) groups excluding carboxylic acids is 3. The Bertz CT molecular complexity index is 406. The number of alkyl carbamates (subject to hydrolysis) is 2. The van der Waals surface area contributed by atoms with E-state index in [9.17, 15) is 14.4 Å². The molecule has 2 amide bonds. The molecular weight excluding hydrogens is 372 g/mol. The Kier molecular flexibility index (Phi) is 17.2. The van der Waals surface area contributed by atoms with Gasteiger partial charge in [-0.3, -0.25) is 0 Å². The first-order valence-electron chi connectivity index (χ1n) is 9.39. The predicted molar refractivity (Wildman–Crippen MR) is 101 cm³/mol. The topological polar surface area (TPSA) is 121 Å². The summed E-state index contributed by atoms with van der Waals surface area (Å²) < 4.78 is 25.6. The van der Waals surface area contributed by atoms with Gasteiger partial charge in [0.1, 0.15) is 25.1 Å². The van der Waals surface area contributed by atoms with Crippen molar-refractivity contribution in [3.63, 3.8) is 0 Å². The summed E-state index contributed by atoms with van der Waals surface area (Å²) in [6.07, 6.45) is 0.481. The third-order valence-electron chi connectivity index (χ3n) is 3.42. The van der Waals surface area contributed by atoms with Gasteiger partial charge in [0.25, 0.3) is 0 Å². The minimum Gasteiger partial charge on any atom is -0.447 e. The maximum absolute atomic E-state index is 11.7. The SMILES string of the molecule is COCCCNC(=O)OCC(COC(=O)NCCCOC)OCCCC(C)=O. The maximum Gasteiger partial charge on any atom is 0.407 e. The Labute approximate surface area is 166 Å². The largest absolute Gasteiger partial charge is 0.447 e. The molecule has 0 radical (unpaired) electrons. The highest BCUT2D eigenvalue weighted by molar-refractivity contribution is 5.75. The zero-order valence-corrected chi connectivity index (χ0v) is 17.1. The highest BCUT2D eigenvalue weighted by Crippen LogP contribution is 2.00. The van der Waals surface area contributed by atoms with Crippen LogP contribution in [0.4, 0.5) is 9.59 Å². The number of hydrogen-bond donors (Lipinski definition) is 2. The Morgan fingerprint density at radius 3 is 1.71 bits per heavy atom. The van der Waals surface area contributed by atoms with E-state index in [2.05, 4.69) is 10.6 Å². The minimum atomic E-state index is -0.624. The number of Topliss-reactive ketones (excluding diaryl/α,β-unsaturated/α-hetero) is 1. The van der Waals surface area contributed by atoms with Crippen LogP contribution in [-0.4, -0.2) is 84.4 Å². The van der Waals surface area contributed by atoms with Crippen LogP contribution >= 0.6 is 0 Å². The van der Waals surface area contributed by atoms with Gasteiger partial charge >= 0.3 is 12.2 Å². The molecule has 10 nitrogen and oxygen atoms in total. The molecule has 0 unspecified atom stereocenters. The Morgan fingerprint density at radius 1 is 0.786 bits per heavy atom. The summed E-state index contributed by atoms with van der Waals surface area (Å²) in [7, 11) is 3.17. The van der Waals surface area contributed by atoms with Gasteiger partial charge in [-0.1, -0.05) is 0 Å². The van der Waals surface area contributed by atoms with Crippen LogP contribution in [0.25, 0.3) is 0 Å². The first-order chi connectivity index (χ1) is 13.5. The maximum atomic E-state index is 11.7. The summed E-state index contributed by atoms with van der Waals surface area (Å²) in [4.78, 5) is 34.3. The van der Waals surface area contributed by atoms with Crippen molar-refractivity contribution in [1.82, 2.24) is 10.6 Å². The second-order valence-electron chi connectivity index (χ2n) is 6.04. The summed E-state index contributed by atoms with van der Waals surface area (Å²) in [6.45, 7) is 3.58. The van der Waals surface area contributed by atoms with Crippen LogP contribution in [0.1, 0.15) is 32.6 Å². The molecule has 0 aromatic rings. The van der Waals surface area contributed by atoms with Gasteiger partial charge in [-0.25, -0.2) is 9.59 Å². The molecule has 0 saturated heterocycles. The van der Waals surface area contributed by atoms with Gasteiger partial charge in [0, 0.05) is 53.6 Å². The molecule has 0 bridgehead atoms. The summed E-state index contributed by atoms with van der Waals surface area (Å²) in [5.74, 6) is 0.0681. The number of hydrogen-bond acceptors (Lipinski definition) is 8. The quantitative estimate of drug-likeness (QED) is 0.346. The van der Waals surface area contributed by atoms with Crippen molar-refractivity contribution in [2.45, 2.75) is 38.7 Å². The number of amides is 2. The summed E-state index contributed by atoms with van der Waals surface area (Å²) in [5, 5.41) is 5.17. The summed E-state index contributed by atoms with van der Waals surface area (Å²) in [6, 6.07) is 0. The minimum absolute atomic E-state index is 0.0681. The van der Waals surface area contributed by atoms with Crippen LogP contribution in [0.3, 0.4) is 0 Å². The molecule has 0 aliphatic carbocycles. The van der Waals surface area contributed by atoms with Crippen molar-refractivity contribution in [3.05, 3.63) is 0 Å². The van der Waals surface area contributed by atoms with E-state index in [1.165, 1.54) is 6.92 Å². The van der Waals surface area contributed by atoms with E-state index in [0.717, 1.165) is 0 Å². The molecule has 10 heteroatoms. The van der Waals surface area contributed by atoms with Crippen LogP contribution in [0.5, 0.6) is 0 Å². The lowest BCUT2D eigenvalue weighted by molar-refractivity contribution is -0.117. The molecule has 0 saturated carbocycles. The molecule has 0 atom stereocenters. The molecule has 2 N–H and O–H groups in total. The van der Waals surface area contributed by atoms with E-state index in [0.29, 0.717) is 58.6 Å². The van der Waals surface area contributed by atoms with Crippen molar-refractivity contribution in [3.8, 4) is 0 Å². The molecule has 0 rings (SSSR count). The van der Waals surface area contributed by atoms with Gasteiger partial charge in [-0.15, -0.1) is 0 Å². The summed E-state index contributed by atoms with van der Waals surface area (Å²) >= 11 is 0. The third-order valence-corrected chi connectivity index (χ3v) is 3.42. The van der Waals surface area contributed by atoms with E-state index in [1.807, 2.05) is 0 Å². The number of carbonyl (C=O) groups is 3. The molecule has 164 valence electrons.